The van der Waals surface area contributed by atoms with Crippen molar-refractivity contribution >= 4 is 16.7 Å². The molecule has 2 rings (SSSR count). The number of amides is 1. The molecule has 6 nitrogen and oxygen atoms in total. The molecule has 3 unspecified atom stereocenters. The van der Waals surface area contributed by atoms with E-state index in [0.717, 1.165) is 19.3 Å². The highest BCUT2D eigenvalue weighted by molar-refractivity contribution is 7.85. The number of nitrogens with zero attached hydrogens (tertiary/aromatic N) is 3. The van der Waals surface area contributed by atoms with Gasteiger partial charge in [-0.25, -0.2) is 4.98 Å². The highest BCUT2D eigenvalue weighted by Gasteiger charge is 2.29. The molecular formula is C14H24N4O2S. The molecule has 1 aliphatic carbocycles. The van der Waals surface area contributed by atoms with E-state index in [-0.39, 0.29) is 22.9 Å². The first-order chi connectivity index (χ1) is 10.0. The minimum absolute atomic E-state index is 0.0409. The highest BCUT2D eigenvalue weighted by Crippen LogP contribution is 2.27. The Morgan fingerprint density at radius 3 is 2.76 bits per heavy atom. The molecule has 0 radical (unpaired) electrons. The SMILES string of the molecule is CCc1nc(S(=O)CC(=O)N(C)C2CCCCC2C)n[nH]1. The first kappa shape index (κ1) is 16.1. The standard InChI is InChI=1S/C14H24N4O2S/c1-4-12-15-14(17-16-12)21(20)9-13(19)18(3)11-8-6-5-7-10(11)2/h10-11H,4-9H2,1-3H3,(H,15,16,17). The molecule has 3 atom stereocenters. The van der Waals surface area contributed by atoms with Gasteiger partial charge in [0.25, 0.3) is 0 Å². The molecule has 1 aromatic heterocycles. The summed E-state index contributed by atoms with van der Waals surface area (Å²) in [5.41, 5.74) is 0. The minimum atomic E-state index is -1.48. The molecule has 0 spiro atoms. The Balaban J connectivity index is 1.95. The van der Waals surface area contributed by atoms with Crippen molar-refractivity contribution in [3.63, 3.8) is 0 Å². The van der Waals surface area contributed by atoms with Gasteiger partial charge in [0.1, 0.15) is 22.4 Å². The first-order valence-corrected chi connectivity index (χ1v) is 8.90. The van der Waals surface area contributed by atoms with Crippen molar-refractivity contribution in [3.8, 4) is 0 Å². The number of hydrogen-bond donors (Lipinski definition) is 1. The maximum atomic E-state index is 12.3. The molecule has 1 amide bonds. The molecule has 1 heterocycles. The van der Waals surface area contributed by atoms with E-state index in [0.29, 0.717) is 18.2 Å². The van der Waals surface area contributed by atoms with Crippen LogP contribution in [0.15, 0.2) is 5.16 Å². The quantitative estimate of drug-likeness (QED) is 0.894. The third-order valence-electron chi connectivity index (χ3n) is 4.26. The average molecular weight is 312 g/mol. The number of H-pyrrole nitrogens is 1. The fraction of sp³-hybridized carbons (Fsp3) is 0.786. The van der Waals surface area contributed by atoms with Gasteiger partial charge in [0, 0.05) is 19.5 Å². The second-order valence-electron chi connectivity index (χ2n) is 5.74. The fourth-order valence-corrected chi connectivity index (χ4v) is 3.79. The smallest absolute Gasteiger partial charge is 0.239 e. The average Bonchev–Trinajstić information content (AvgIpc) is 2.96. The van der Waals surface area contributed by atoms with Gasteiger partial charge >= 0.3 is 0 Å². The molecule has 1 fully saturated rings. The molecule has 0 aliphatic heterocycles. The minimum Gasteiger partial charge on any atom is -0.342 e. The summed E-state index contributed by atoms with van der Waals surface area (Å²) in [5.74, 6) is 1.08. The van der Waals surface area contributed by atoms with Crippen molar-refractivity contribution in [1.82, 2.24) is 20.1 Å². The van der Waals surface area contributed by atoms with Gasteiger partial charge in [0.2, 0.25) is 11.1 Å². The van der Waals surface area contributed by atoms with Crippen molar-refractivity contribution in [1.29, 1.82) is 0 Å². The van der Waals surface area contributed by atoms with Gasteiger partial charge in [0.15, 0.2) is 0 Å². The third-order valence-corrected chi connectivity index (χ3v) is 5.36. The number of aromatic amines is 1. The van der Waals surface area contributed by atoms with E-state index in [1.54, 1.807) is 4.90 Å². The lowest BCUT2D eigenvalue weighted by atomic mass is 9.85. The Kier molecular flexibility index (Phi) is 5.50. The van der Waals surface area contributed by atoms with Crippen LogP contribution in [-0.4, -0.2) is 49.0 Å². The molecule has 7 heteroatoms. The van der Waals surface area contributed by atoms with Crippen LogP contribution in [0.2, 0.25) is 0 Å². The molecule has 0 bridgehead atoms. The number of rotatable bonds is 5. The number of carbonyl (C=O) groups excluding carboxylic acids is 1. The van der Waals surface area contributed by atoms with E-state index < -0.39 is 10.8 Å². The van der Waals surface area contributed by atoms with Crippen molar-refractivity contribution in [3.05, 3.63) is 5.82 Å². The van der Waals surface area contributed by atoms with Crippen LogP contribution in [0.5, 0.6) is 0 Å². The largest absolute Gasteiger partial charge is 0.342 e. The van der Waals surface area contributed by atoms with E-state index in [4.69, 9.17) is 0 Å². The zero-order valence-electron chi connectivity index (χ0n) is 13.0. The molecule has 1 saturated carbocycles. The lowest BCUT2D eigenvalue weighted by Gasteiger charge is -2.36. The highest BCUT2D eigenvalue weighted by atomic mass is 32.2. The predicted molar refractivity (Wildman–Crippen MR) is 81.2 cm³/mol. The molecule has 0 saturated heterocycles. The van der Waals surface area contributed by atoms with Crippen LogP contribution in [0.3, 0.4) is 0 Å². The van der Waals surface area contributed by atoms with Gasteiger partial charge in [-0.2, -0.15) is 0 Å². The summed E-state index contributed by atoms with van der Waals surface area (Å²) in [7, 11) is 0.346. The van der Waals surface area contributed by atoms with Gasteiger partial charge in [-0.15, -0.1) is 5.10 Å². The zero-order valence-corrected chi connectivity index (χ0v) is 13.8. The van der Waals surface area contributed by atoms with E-state index in [1.165, 1.54) is 6.42 Å². The van der Waals surface area contributed by atoms with Crippen molar-refractivity contribution < 1.29 is 9.00 Å². The van der Waals surface area contributed by atoms with E-state index >= 15 is 0 Å². The van der Waals surface area contributed by atoms with Crippen molar-refractivity contribution in [2.45, 2.75) is 57.1 Å². The van der Waals surface area contributed by atoms with Crippen molar-refractivity contribution in [2.24, 2.45) is 5.92 Å². The van der Waals surface area contributed by atoms with Gasteiger partial charge in [-0.1, -0.05) is 26.7 Å². The Bertz CT molecular complexity index is 517. The number of aromatic nitrogens is 3. The Labute approximate surface area is 128 Å². The lowest BCUT2D eigenvalue weighted by Crippen LogP contribution is -2.44. The monoisotopic (exact) mass is 312 g/mol. The van der Waals surface area contributed by atoms with Gasteiger partial charge in [-0.3, -0.25) is 14.1 Å². The van der Waals surface area contributed by atoms with Crippen LogP contribution in [-0.2, 0) is 22.0 Å². The summed E-state index contributed by atoms with van der Waals surface area (Å²) in [6, 6.07) is 0.265. The predicted octanol–water partition coefficient (Wildman–Crippen LogP) is 1.51. The summed E-state index contributed by atoms with van der Waals surface area (Å²) in [6.07, 6.45) is 5.31. The maximum absolute atomic E-state index is 12.3. The summed E-state index contributed by atoms with van der Waals surface area (Å²) in [4.78, 5) is 18.2. The van der Waals surface area contributed by atoms with Crippen LogP contribution in [0, 0.1) is 5.92 Å². The van der Waals surface area contributed by atoms with Crippen LogP contribution >= 0.6 is 0 Å². The van der Waals surface area contributed by atoms with Gasteiger partial charge in [0.05, 0.1) is 0 Å². The Morgan fingerprint density at radius 1 is 1.43 bits per heavy atom. The molecule has 1 aliphatic rings. The van der Waals surface area contributed by atoms with Crippen LogP contribution in [0.25, 0.3) is 0 Å². The third kappa shape index (κ3) is 3.90. The number of aryl methyl sites for hydroxylation is 1. The van der Waals surface area contributed by atoms with E-state index in [2.05, 4.69) is 22.1 Å². The first-order valence-electron chi connectivity index (χ1n) is 7.58. The summed E-state index contributed by atoms with van der Waals surface area (Å²) in [6.45, 7) is 4.13. The maximum Gasteiger partial charge on any atom is 0.239 e. The molecule has 1 aromatic rings. The molecular weight excluding hydrogens is 288 g/mol. The second kappa shape index (κ2) is 7.15. The number of nitrogens with one attached hydrogen (secondary N) is 1. The van der Waals surface area contributed by atoms with Gasteiger partial charge in [-0.05, 0) is 18.8 Å². The van der Waals surface area contributed by atoms with E-state index in [9.17, 15) is 9.00 Å². The van der Waals surface area contributed by atoms with Gasteiger partial charge < -0.3 is 4.90 Å². The topological polar surface area (TPSA) is 79.0 Å². The summed E-state index contributed by atoms with van der Waals surface area (Å²) in [5, 5.41) is 6.88. The van der Waals surface area contributed by atoms with Crippen molar-refractivity contribution in [2.75, 3.05) is 12.8 Å². The summed E-state index contributed by atoms with van der Waals surface area (Å²) < 4.78 is 12.2. The number of carbonyl (C=O) groups is 1. The Morgan fingerprint density at radius 2 is 2.14 bits per heavy atom. The molecule has 118 valence electrons. The molecule has 0 aromatic carbocycles. The van der Waals surface area contributed by atoms with E-state index in [1.807, 2.05) is 14.0 Å². The van der Waals surface area contributed by atoms with Crippen LogP contribution in [0.1, 0.15) is 45.4 Å². The summed E-state index contributed by atoms with van der Waals surface area (Å²) >= 11 is 0. The normalized spacial score (nSPS) is 23.8. The zero-order chi connectivity index (χ0) is 15.4. The van der Waals surface area contributed by atoms with Crippen LogP contribution in [0.4, 0.5) is 0 Å². The Hall–Kier alpha value is -1.24. The lowest BCUT2D eigenvalue weighted by molar-refractivity contribution is -0.130. The molecule has 21 heavy (non-hydrogen) atoms. The second-order valence-corrected chi connectivity index (χ2v) is 7.09. The molecule has 1 N–H and O–H groups in total. The fourth-order valence-electron chi connectivity index (χ4n) is 2.87. The van der Waals surface area contributed by atoms with Crippen LogP contribution < -0.4 is 0 Å². The number of hydrogen-bond acceptors (Lipinski definition) is 4.